The largest absolute Gasteiger partial charge is 0.297 e. The molecule has 3 nitrogen and oxygen atoms in total. The van der Waals surface area contributed by atoms with Crippen molar-refractivity contribution in [1.29, 1.82) is 0 Å². The van der Waals surface area contributed by atoms with Crippen LogP contribution < -0.4 is 11.0 Å². The van der Waals surface area contributed by atoms with Gasteiger partial charge in [-0.2, -0.15) is 5.53 Å². The standard InChI is InChI=1S/C19H21N3/c1-13-11-14-7-3-4-9-16(14)19-18(12-20-21-22(19)2)17-10-6-5-8-15(13)17/h3-10,13,20-21H,11-12H2,1-2H3. The normalized spacial score (nSPS) is 20.6. The molecule has 4 rings (SSSR count). The van der Waals surface area contributed by atoms with E-state index in [1.807, 2.05) is 0 Å². The van der Waals surface area contributed by atoms with Gasteiger partial charge in [0.15, 0.2) is 0 Å². The first-order valence-corrected chi connectivity index (χ1v) is 7.88. The van der Waals surface area contributed by atoms with Crippen molar-refractivity contribution in [3.63, 3.8) is 0 Å². The summed E-state index contributed by atoms with van der Waals surface area (Å²) in [4.78, 5) is 0. The average Bonchev–Trinajstić information content (AvgIpc) is 2.54. The number of benzene rings is 2. The van der Waals surface area contributed by atoms with Crippen molar-refractivity contribution >= 4 is 11.3 Å². The summed E-state index contributed by atoms with van der Waals surface area (Å²) < 4.78 is 0. The van der Waals surface area contributed by atoms with E-state index in [9.17, 15) is 0 Å². The molecule has 2 aromatic carbocycles. The van der Waals surface area contributed by atoms with Gasteiger partial charge >= 0.3 is 0 Å². The average molecular weight is 291 g/mol. The molecule has 1 unspecified atom stereocenters. The van der Waals surface area contributed by atoms with Crippen molar-refractivity contribution in [1.82, 2.24) is 16.0 Å². The smallest absolute Gasteiger partial charge is 0.0656 e. The lowest BCUT2D eigenvalue weighted by Crippen LogP contribution is -2.48. The van der Waals surface area contributed by atoms with Gasteiger partial charge in [0.1, 0.15) is 0 Å². The summed E-state index contributed by atoms with van der Waals surface area (Å²) in [6, 6.07) is 17.6. The third-order valence-corrected chi connectivity index (χ3v) is 4.75. The summed E-state index contributed by atoms with van der Waals surface area (Å²) >= 11 is 0. The minimum absolute atomic E-state index is 0.520. The third kappa shape index (κ3) is 2.05. The maximum Gasteiger partial charge on any atom is 0.0656 e. The van der Waals surface area contributed by atoms with Gasteiger partial charge in [0.25, 0.3) is 0 Å². The molecular formula is C19H21N3. The molecular weight excluding hydrogens is 270 g/mol. The number of nitrogens with one attached hydrogen (secondary N) is 2. The summed E-state index contributed by atoms with van der Waals surface area (Å²) in [6.45, 7) is 3.16. The van der Waals surface area contributed by atoms with Gasteiger partial charge in [-0.1, -0.05) is 55.5 Å². The predicted octanol–water partition coefficient (Wildman–Crippen LogP) is 3.17. The molecule has 1 atom stereocenters. The van der Waals surface area contributed by atoms with Gasteiger partial charge in [-0.3, -0.25) is 5.01 Å². The molecule has 0 bridgehead atoms. The van der Waals surface area contributed by atoms with E-state index < -0.39 is 0 Å². The van der Waals surface area contributed by atoms with E-state index in [2.05, 4.69) is 78.5 Å². The minimum atomic E-state index is 0.520. The molecule has 2 N–H and O–H groups in total. The van der Waals surface area contributed by atoms with Crippen molar-refractivity contribution in [3.8, 4) is 0 Å². The van der Waals surface area contributed by atoms with Crippen LogP contribution in [0, 0.1) is 0 Å². The van der Waals surface area contributed by atoms with E-state index in [1.165, 1.54) is 33.5 Å². The van der Waals surface area contributed by atoms with Gasteiger partial charge in [-0.05, 0) is 29.0 Å². The second-order valence-corrected chi connectivity index (χ2v) is 6.20. The van der Waals surface area contributed by atoms with E-state index in [-0.39, 0.29) is 0 Å². The highest BCUT2D eigenvalue weighted by Crippen LogP contribution is 2.39. The Morgan fingerprint density at radius 2 is 1.73 bits per heavy atom. The fourth-order valence-corrected chi connectivity index (χ4v) is 3.73. The van der Waals surface area contributed by atoms with Gasteiger partial charge in [0.05, 0.1) is 5.70 Å². The Morgan fingerprint density at radius 3 is 2.59 bits per heavy atom. The molecule has 0 amide bonds. The first kappa shape index (κ1) is 13.6. The summed E-state index contributed by atoms with van der Waals surface area (Å²) in [5, 5.41) is 2.10. The highest BCUT2D eigenvalue weighted by molar-refractivity contribution is 5.93. The number of hydrazine groups is 2. The van der Waals surface area contributed by atoms with Gasteiger partial charge < -0.3 is 0 Å². The van der Waals surface area contributed by atoms with Crippen molar-refractivity contribution in [2.45, 2.75) is 19.3 Å². The molecule has 0 aromatic heterocycles. The summed E-state index contributed by atoms with van der Waals surface area (Å²) in [7, 11) is 2.08. The first-order chi connectivity index (χ1) is 10.8. The lowest BCUT2D eigenvalue weighted by atomic mass is 9.81. The van der Waals surface area contributed by atoms with E-state index >= 15 is 0 Å². The molecule has 1 aliphatic heterocycles. The molecule has 0 fully saturated rings. The number of rotatable bonds is 0. The van der Waals surface area contributed by atoms with Crippen LogP contribution in [0.3, 0.4) is 0 Å². The number of fused-ring (bicyclic) bond motifs is 4. The maximum atomic E-state index is 3.29. The Bertz CT molecular complexity index is 748. The molecule has 1 heterocycles. The van der Waals surface area contributed by atoms with Crippen LogP contribution in [-0.2, 0) is 6.42 Å². The summed E-state index contributed by atoms with van der Waals surface area (Å²) in [5.74, 6) is 0.520. The maximum absolute atomic E-state index is 3.29. The summed E-state index contributed by atoms with van der Waals surface area (Å²) in [5.41, 5.74) is 14.8. The minimum Gasteiger partial charge on any atom is -0.297 e. The van der Waals surface area contributed by atoms with Crippen LogP contribution in [0.4, 0.5) is 0 Å². The predicted molar refractivity (Wildman–Crippen MR) is 90.7 cm³/mol. The van der Waals surface area contributed by atoms with Crippen molar-refractivity contribution in [2.24, 2.45) is 0 Å². The van der Waals surface area contributed by atoms with Gasteiger partial charge in [0, 0.05) is 24.7 Å². The zero-order chi connectivity index (χ0) is 15.1. The quantitative estimate of drug-likeness (QED) is 0.780. The topological polar surface area (TPSA) is 27.3 Å². The second kappa shape index (κ2) is 5.27. The SMILES string of the molecule is CC1Cc2ccccc2C2=C(CNNN2C)c2ccccc21. The van der Waals surface area contributed by atoms with Crippen LogP contribution in [0.25, 0.3) is 11.3 Å². The monoisotopic (exact) mass is 291 g/mol. The van der Waals surface area contributed by atoms with E-state index in [4.69, 9.17) is 0 Å². The lowest BCUT2D eigenvalue weighted by molar-refractivity contribution is 0.282. The molecule has 2 aliphatic rings. The number of hydrogen-bond donors (Lipinski definition) is 2. The Labute approximate surface area is 131 Å². The molecule has 1 aliphatic carbocycles. The van der Waals surface area contributed by atoms with Gasteiger partial charge in [0.2, 0.25) is 0 Å². The van der Waals surface area contributed by atoms with E-state index in [0.29, 0.717) is 5.92 Å². The number of nitrogens with zero attached hydrogens (tertiary/aromatic N) is 1. The van der Waals surface area contributed by atoms with E-state index in [1.54, 1.807) is 0 Å². The molecule has 22 heavy (non-hydrogen) atoms. The van der Waals surface area contributed by atoms with Gasteiger partial charge in [-0.15, -0.1) is 0 Å². The Morgan fingerprint density at radius 1 is 1.00 bits per heavy atom. The van der Waals surface area contributed by atoms with Crippen LogP contribution in [0.2, 0.25) is 0 Å². The van der Waals surface area contributed by atoms with Crippen LogP contribution in [0.1, 0.15) is 35.1 Å². The van der Waals surface area contributed by atoms with Crippen molar-refractivity contribution in [2.75, 3.05) is 13.6 Å². The van der Waals surface area contributed by atoms with Crippen LogP contribution in [-0.4, -0.2) is 18.6 Å². The Hall–Kier alpha value is -2.10. The Balaban J connectivity index is 2.06. The van der Waals surface area contributed by atoms with Crippen LogP contribution >= 0.6 is 0 Å². The third-order valence-electron chi connectivity index (χ3n) is 4.75. The molecule has 0 saturated carbocycles. The van der Waals surface area contributed by atoms with E-state index in [0.717, 1.165) is 13.0 Å². The zero-order valence-electron chi connectivity index (χ0n) is 13.1. The molecule has 112 valence electrons. The Kier molecular flexibility index (Phi) is 3.25. The van der Waals surface area contributed by atoms with Crippen molar-refractivity contribution < 1.29 is 0 Å². The molecule has 0 spiro atoms. The fraction of sp³-hybridized carbons (Fsp3) is 0.263. The lowest BCUT2D eigenvalue weighted by Gasteiger charge is -2.36. The molecule has 0 saturated heterocycles. The summed E-state index contributed by atoms with van der Waals surface area (Å²) in [6.07, 6.45) is 1.07. The second-order valence-electron chi connectivity index (χ2n) is 6.20. The van der Waals surface area contributed by atoms with Crippen molar-refractivity contribution in [3.05, 3.63) is 70.8 Å². The molecule has 0 radical (unpaired) electrons. The van der Waals surface area contributed by atoms with Crippen LogP contribution in [0.15, 0.2) is 48.5 Å². The van der Waals surface area contributed by atoms with Gasteiger partial charge in [-0.25, -0.2) is 5.43 Å². The van der Waals surface area contributed by atoms with Crippen LogP contribution in [0.5, 0.6) is 0 Å². The zero-order valence-corrected chi connectivity index (χ0v) is 13.1. The first-order valence-electron chi connectivity index (χ1n) is 7.88. The molecule has 3 heteroatoms. The highest BCUT2D eigenvalue weighted by atomic mass is 15.7. The number of hydrogen-bond acceptors (Lipinski definition) is 3. The molecule has 2 aromatic rings. The fourth-order valence-electron chi connectivity index (χ4n) is 3.73. The highest BCUT2D eigenvalue weighted by Gasteiger charge is 2.27.